The first-order valence-corrected chi connectivity index (χ1v) is 11.6. The lowest BCUT2D eigenvalue weighted by Gasteiger charge is -2.13. The first-order valence-electron chi connectivity index (χ1n) is 11.6. The van der Waals surface area contributed by atoms with Crippen LogP contribution in [0, 0.1) is 0 Å². The Morgan fingerprint density at radius 1 is 0.943 bits per heavy atom. The van der Waals surface area contributed by atoms with E-state index in [1.807, 2.05) is 18.3 Å². The average molecular weight is 476 g/mol. The van der Waals surface area contributed by atoms with Gasteiger partial charge in [0.1, 0.15) is 5.69 Å². The summed E-state index contributed by atoms with van der Waals surface area (Å²) in [5.74, 6) is -0.613. The summed E-state index contributed by atoms with van der Waals surface area (Å²) in [6.07, 6.45) is 3.80. The smallest absolute Gasteiger partial charge is 0.314 e. The Labute approximate surface area is 199 Å². The normalized spacial score (nSPS) is 14.5. The zero-order chi connectivity index (χ0) is 23.8. The number of aromatic nitrogens is 6. The highest BCUT2D eigenvalue weighted by molar-refractivity contribution is 5.87. The van der Waals surface area contributed by atoms with Crippen molar-refractivity contribution in [2.24, 2.45) is 0 Å². The zero-order valence-corrected chi connectivity index (χ0v) is 18.9. The van der Waals surface area contributed by atoms with E-state index in [1.54, 1.807) is 16.8 Å². The molecule has 0 atom stereocenters. The maximum absolute atomic E-state index is 12.7. The highest BCUT2D eigenvalue weighted by Gasteiger charge is 2.17. The van der Waals surface area contributed by atoms with E-state index in [4.69, 9.17) is 4.42 Å². The number of halogens is 2. The van der Waals surface area contributed by atoms with Crippen molar-refractivity contribution in [1.29, 1.82) is 0 Å². The standard InChI is InChI=1S/C25H23F2N7O/c26-23(27)25-31-30-24(35-25)17-5-3-16(4-6-17)13-34-15-22(29-32-34)18-7-8-20-19(12-28-21(20)11-18)14-33-9-1-2-10-33/h3-8,11-12,15,23,28H,1-2,9-10,13-14H2. The lowest BCUT2D eigenvalue weighted by molar-refractivity contribution is 0.116. The number of alkyl halides is 2. The topological polar surface area (TPSA) is 88.7 Å². The predicted octanol–water partition coefficient (Wildman–Crippen LogP) is 5.06. The molecule has 1 aliphatic rings. The minimum atomic E-state index is -2.79. The molecule has 6 rings (SSSR count). The number of benzene rings is 2. The summed E-state index contributed by atoms with van der Waals surface area (Å²) in [5.41, 5.74) is 5.77. The van der Waals surface area contributed by atoms with E-state index in [-0.39, 0.29) is 5.89 Å². The van der Waals surface area contributed by atoms with Gasteiger partial charge in [0.2, 0.25) is 5.89 Å². The van der Waals surface area contributed by atoms with E-state index in [2.05, 4.69) is 54.8 Å². The number of likely N-dealkylation sites (tertiary alicyclic amines) is 1. The summed E-state index contributed by atoms with van der Waals surface area (Å²) in [5, 5.41) is 16.9. The minimum absolute atomic E-state index is 0.0678. The van der Waals surface area contributed by atoms with Gasteiger partial charge in [0, 0.05) is 34.8 Å². The van der Waals surface area contributed by atoms with Gasteiger partial charge in [-0.05, 0) is 55.3 Å². The van der Waals surface area contributed by atoms with Crippen LogP contribution in [-0.2, 0) is 13.1 Å². The van der Waals surface area contributed by atoms with E-state index < -0.39 is 12.3 Å². The van der Waals surface area contributed by atoms with E-state index in [0.717, 1.165) is 28.9 Å². The van der Waals surface area contributed by atoms with Crippen LogP contribution in [0.3, 0.4) is 0 Å². The maximum atomic E-state index is 12.7. The van der Waals surface area contributed by atoms with E-state index in [1.165, 1.54) is 36.9 Å². The summed E-state index contributed by atoms with van der Waals surface area (Å²) >= 11 is 0. The molecular weight excluding hydrogens is 452 g/mol. The van der Waals surface area contributed by atoms with Crippen LogP contribution in [0.5, 0.6) is 0 Å². The van der Waals surface area contributed by atoms with Gasteiger partial charge in [0.25, 0.3) is 5.89 Å². The molecular formula is C25H23F2N7O. The second-order valence-electron chi connectivity index (χ2n) is 8.80. The molecule has 1 aliphatic heterocycles. The Morgan fingerprint density at radius 2 is 1.74 bits per heavy atom. The molecule has 0 bridgehead atoms. The number of hydrogen-bond donors (Lipinski definition) is 1. The summed E-state index contributed by atoms with van der Waals surface area (Å²) < 4.78 is 32.1. The van der Waals surface area contributed by atoms with Gasteiger partial charge in [-0.2, -0.15) is 8.78 Å². The molecule has 1 fully saturated rings. The second kappa shape index (κ2) is 9.03. The molecule has 0 aliphatic carbocycles. The minimum Gasteiger partial charge on any atom is -0.415 e. The first-order chi connectivity index (χ1) is 17.1. The van der Waals surface area contributed by atoms with E-state index >= 15 is 0 Å². The highest BCUT2D eigenvalue weighted by atomic mass is 19.3. The number of nitrogens with one attached hydrogen (secondary N) is 1. The van der Waals surface area contributed by atoms with Crippen LogP contribution in [0.25, 0.3) is 33.6 Å². The fourth-order valence-corrected chi connectivity index (χ4v) is 4.55. The lowest BCUT2D eigenvalue weighted by Crippen LogP contribution is -2.17. The third-order valence-corrected chi connectivity index (χ3v) is 6.37. The van der Waals surface area contributed by atoms with Gasteiger partial charge in [0.05, 0.1) is 12.7 Å². The van der Waals surface area contributed by atoms with Crippen LogP contribution >= 0.6 is 0 Å². The summed E-state index contributed by atoms with van der Waals surface area (Å²) in [6, 6.07) is 13.6. The summed E-state index contributed by atoms with van der Waals surface area (Å²) in [7, 11) is 0. The van der Waals surface area contributed by atoms with Crippen LogP contribution in [0.2, 0.25) is 0 Å². The Balaban J connectivity index is 1.15. The average Bonchev–Trinajstić information content (AvgIpc) is 3.67. The Bertz CT molecular complexity index is 1450. The van der Waals surface area contributed by atoms with Crippen molar-refractivity contribution in [3.05, 3.63) is 71.9 Å². The van der Waals surface area contributed by atoms with Crippen LogP contribution in [0.1, 0.15) is 36.3 Å². The molecule has 4 heterocycles. The highest BCUT2D eigenvalue weighted by Crippen LogP contribution is 2.27. The third-order valence-electron chi connectivity index (χ3n) is 6.37. The van der Waals surface area contributed by atoms with Gasteiger partial charge in [-0.25, -0.2) is 4.68 Å². The van der Waals surface area contributed by atoms with Crippen LogP contribution in [0.15, 0.2) is 59.3 Å². The Hall–Kier alpha value is -3.92. The van der Waals surface area contributed by atoms with Crippen molar-refractivity contribution in [3.63, 3.8) is 0 Å². The molecule has 3 aromatic heterocycles. The molecule has 0 radical (unpaired) electrons. The molecule has 1 saturated heterocycles. The van der Waals surface area contributed by atoms with Crippen molar-refractivity contribution in [3.8, 4) is 22.7 Å². The third kappa shape index (κ3) is 4.44. The number of hydrogen-bond acceptors (Lipinski definition) is 6. The largest absolute Gasteiger partial charge is 0.415 e. The Morgan fingerprint density at radius 3 is 2.51 bits per heavy atom. The van der Waals surface area contributed by atoms with Crippen LogP contribution < -0.4 is 0 Å². The van der Waals surface area contributed by atoms with Gasteiger partial charge in [-0.15, -0.1) is 15.3 Å². The zero-order valence-electron chi connectivity index (χ0n) is 18.9. The van der Waals surface area contributed by atoms with Gasteiger partial charge < -0.3 is 9.40 Å². The van der Waals surface area contributed by atoms with Crippen molar-refractivity contribution < 1.29 is 13.2 Å². The number of aromatic amines is 1. The van der Waals surface area contributed by atoms with Gasteiger partial charge in [-0.1, -0.05) is 29.5 Å². The quantitative estimate of drug-likeness (QED) is 0.354. The monoisotopic (exact) mass is 475 g/mol. The van der Waals surface area contributed by atoms with Crippen molar-refractivity contribution in [2.45, 2.75) is 32.4 Å². The molecule has 5 aromatic rings. The molecule has 1 N–H and O–H groups in total. The van der Waals surface area contributed by atoms with Crippen molar-refractivity contribution >= 4 is 10.9 Å². The summed E-state index contributed by atoms with van der Waals surface area (Å²) in [4.78, 5) is 5.90. The lowest BCUT2D eigenvalue weighted by atomic mass is 10.1. The molecule has 0 amide bonds. The van der Waals surface area contributed by atoms with Crippen LogP contribution in [0.4, 0.5) is 8.78 Å². The number of H-pyrrole nitrogens is 1. The fraction of sp³-hybridized carbons (Fsp3) is 0.280. The predicted molar refractivity (Wildman–Crippen MR) is 126 cm³/mol. The SMILES string of the molecule is FC(F)c1nnc(-c2ccc(Cn3cc(-c4ccc5c(CN6CCCC6)c[nH]c5c4)nn3)cc2)o1. The maximum Gasteiger partial charge on any atom is 0.314 e. The number of fused-ring (bicyclic) bond motifs is 1. The first kappa shape index (κ1) is 21.6. The molecule has 2 aromatic carbocycles. The number of nitrogens with zero attached hydrogens (tertiary/aromatic N) is 6. The van der Waals surface area contributed by atoms with Gasteiger partial charge >= 0.3 is 6.43 Å². The van der Waals surface area contributed by atoms with Crippen molar-refractivity contribution in [1.82, 2.24) is 35.1 Å². The fourth-order valence-electron chi connectivity index (χ4n) is 4.55. The number of rotatable bonds is 7. The summed E-state index contributed by atoms with van der Waals surface area (Å²) in [6.45, 7) is 3.85. The van der Waals surface area contributed by atoms with Gasteiger partial charge in [-0.3, -0.25) is 4.90 Å². The van der Waals surface area contributed by atoms with E-state index in [0.29, 0.717) is 12.1 Å². The van der Waals surface area contributed by atoms with Crippen molar-refractivity contribution in [2.75, 3.05) is 13.1 Å². The molecule has 10 heteroatoms. The second-order valence-corrected chi connectivity index (χ2v) is 8.80. The molecule has 0 spiro atoms. The van der Waals surface area contributed by atoms with E-state index in [9.17, 15) is 8.78 Å². The molecule has 0 unspecified atom stereocenters. The van der Waals surface area contributed by atoms with Crippen LogP contribution in [-0.4, -0.2) is 48.2 Å². The molecule has 0 saturated carbocycles. The molecule has 178 valence electrons. The molecule has 8 nitrogen and oxygen atoms in total. The Kier molecular flexibility index (Phi) is 5.57. The van der Waals surface area contributed by atoms with Gasteiger partial charge in [0.15, 0.2) is 0 Å². The molecule has 35 heavy (non-hydrogen) atoms.